The second kappa shape index (κ2) is 4.11. The number of rotatable bonds is 2. The molecule has 2 rings (SSSR count). The first-order chi connectivity index (χ1) is 7.66. The normalized spacial score (nSPS) is 10.1. The van der Waals surface area contributed by atoms with Crippen LogP contribution in [-0.2, 0) is 0 Å². The Labute approximate surface area is 93.8 Å². The number of hydrogen-bond donors (Lipinski definition) is 2. The lowest BCUT2D eigenvalue weighted by Gasteiger charge is -1.99. The fraction of sp³-hybridized carbons (Fsp3) is 0. The molecule has 2 aromatic heterocycles. The van der Waals surface area contributed by atoms with Crippen molar-refractivity contribution in [1.29, 1.82) is 0 Å². The molecule has 2 heterocycles. The quantitative estimate of drug-likeness (QED) is 0.777. The summed E-state index contributed by atoms with van der Waals surface area (Å²) in [6.07, 6.45) is 0. The number of aromatic nitrogens is 4. The molecular weight excluding hydrogens is 236 g/mol. The van der Waals surface area contributed by atoms with E-state index in [2.05, 4.69) is 30.5 Å². The number of carbonyl (C=O) groups is 1. The highest BCUT2D eigenvalue weighted by atomic mass is 35.5. The lowest BCUT2D eigenvalue weighted by Crippen LogP contribution is -2.15. The minimum Gasteiger partial charge on any atom is -0.379 e. The summed E-state index contributed by atoms with van der Waals surface area (Å²) in [5, 5.41) is 16.4. The molecule has 0 aliphatic heterocycles. The van der Waals surface area contributed by atoms with E-state index in [0.29, 0.717) is 0 Å². The van der Waals surface area contributed by atoms with Crippen molar-refractivity contribution in [3.63, 3.8) is 0 Å². The van der Waals surface area contributed by atoms with Crippen LogP contribution in [0.1, 0.15) is 10.5 Å². The number of carbonyl (C=O) groups excluding carboxylic acids is 1. The monoisotopic (exact) mass is 240 g/mol. The van der Waals surface area contributed by atoms with Gasteiger partial charge in [-0.2, -0.15) is 0 Å². The smallest absolute Gasteiger partial charge is 0.283 e. The zero-order chi connectivity index (χ0) is 11.5. The first-order valence-corrected chi connectivity index (χ1v) is 4.43. The maximum Gasteiger partial charge on any atom is 0.283 e. The van der Waals surface area contributed by atoms with Crippen LogP contribution >= 0.6 is 11.6 Å². The summed E-state index contributed by atoms with van der Waals surface area (Å²) in [5.41, 5.74) is 5.22. The second-order valence-electron chi connectivity index (χ2n) is 2.69. The van der Waals surface area contributed by atoms with Crippen LogP contribution in [-0.4, -0.2) is 26.4 Å². The number of anilines is 2. The number of nitrogens with one attached hydrogen (secondary N) is 1. The fourth-order valence-electron chi connectivity index (χ4n) is 0.911. The maximum absolute atomic E-state index is 11.5. The van der Waals surface area contributed by atoms with E-state index in [1.807, 2.05) is 0 Å². The topological polar surface area (TPSA) is 120 Å². The molecule has 0 bridgehead atoms. The van der Waals surface area contributed by atoms with Crippen LogP contribution in [0.5, 0.6) is 0 Å². The third-order valence-electron chi connectivity index (χ3n) is 1.60. The molecule has 0 unspecified atom stereocenters. The zero-order valence-corrected chi connectivity index (χ0v) is 8.47. The van der Waals surface area contributed by atoms with Crippen molar-refractivity contribution in [3.05, 3.63) is 23.0 Å². The summed E-state index contributed by atoms with van der Waals surface area (Å²) in [7, 11) is 0. The molecular formula is C7H5ClN6O2. The van der Waals surface area contributed by atoms with E-state index in [-0.39, 0.29) is 22.5 Å². The van der Waals surface area contributed by atoms with E-state index >= 15 is 0 Å². The first kappa shape index (κ1) is 10.3. The largest absolute Gasteiger partial charge is 0.379 e. The molecule has 8 nitrogen and oxygen atoms in total. The van der Waals surface area contributed by atoms with Gasteiger partial charge in [0.15, 0.2) is 11.0 Å². The van der Waals surface area contributed by atoms with Crippen molar-refractivity contribution in [1.82, 2.24) is 20.5 Å². The molecule has 16 heavy (non-hydrogen) atoms. The number of amides is 1. The SMILES string of the molecule is Nc1nonc1C(=O)Nc1ccc(Cl)nn1. The van der Waals surface area contributed by atoms with Gasteiger partial charge in [-0.15, -0.1) is 10.2 Å². The molecule has 2 aromatic rings. The van der Waals surface area contributed by atoms with Gasteiger partial charge in [0.25, 0.3) is 5.91 Å². The summed E-state index contributed by atoms with van der Waals surface area (Å²) in [4.78, 5) is 11.5. The highest BCUT2D eigenvalue weighted by Gasteiger charge is 2.16. The van der Waals surface area contributed by atoms with E-state index < -0.39 is 5.91 Å². The number of nitrogen functional groups attached to an aromatic ring is 1. The molecule has 0 atom stereocenters. The molecule has 0 fully saturated rings. The van der Waals surface area contributed by atoms with Gasteiger partial charge in [0.05, 0.1) is 0 Å². The molecule has 0 aromatic carbocycles. The van der Waals surface area contributed by atoms with E-state index in [1.54, 1.807) is 0 Å². The molecule has 0 saturated carbocycles. The summed E-state index contributed by atoms with van der Waals surface area (Å²) in [6, 6.07) is 2.96. The Morgan fingerprint density at radius 2 is 2.19 bits per heavy atom. The summed E-state index contributed by atoms with van der Waals surface area (Å²) >= 11 is 5.53. The van der Waals surface area contributed by atoms with Gasteiger partial charge in [-0.25, -0.2) is 4.63 Å². The predicted octanol–water partition coefficient (Wildman–Crippen LogP) is 0.347. The van der Waals surface area contributed by atoms with Gasteiger partial charge in [-0.05, 0) is 22.4 Å². The molecule has 82 valence electrons. The van der Waals surface area contributed by atoms with Gasteiger partial charge >= 0.3 is 0 Å². The Balaban J connectivity index is 2.14. The maximum atomic E-state index is 11.5. The van der Waals surface area contributed by atoms with Crippen LogP contribution in [0.2, 0.25) is 5.15 Å². The lowest BCUT2D eigenvalue weighted by molar-refractivity contribution is 0.101. The number of nitrogens with two attached hydrogens (primary N) is 1. The molecule has 0 aliphatic rings. The standard InChI is InChI=1S/C7H5ClN6O2/c8-3-1-2-4(12-11-3)10-7(15)5-6(9)14-16-13-5/h1-2H,(H2,9,14)(H,10,12,15). The zero-order valence-electron chi connectivity index (χ0n) is 7.72. The first-order valence-electron chi connectivity index (χ1n) is 4.05. The fourth-order valence-corrected chi connectivity index (χ4v) is 1.01. The van der Waals surface area contributed by atoms with Crippen LogP contribution in [0.25, 0.3) is 0 Å². The Kier molecular flexibility index (Phi) is 2.64. The van der Waals surface area contributed by atoms with Crippen molar-refractivity contribution >= 4 is 29.1 Å². The highest BCUT2D eigenvalue weighted by Crippen LogP contribution is 2.09. The van der Waals surface area contributed by atoms with E-state index in [4.69, 9.17) is 17.3 Å². The second-order valence-corrected chi connectivity index (χ2v) is 3.08. The van der Waals surface area contributed by atoms with Crippen molar-refractivity contribution in [2.45, 2.75) is 0 Å². The van der Waals surface area contributed by atoms with Crippen molar-refractivity contribution < 1.29 is 9.42 Å². The molecule has 9 heteroatoms. The molecule has 3 N–H and O–H groups in total. The third kappa shape index (κ3) is 2.06. The van der Waals surface area contributed by atoms with Crippen LogP contribution in [0.3, 0.4) is 0 Å². The van der Waals surface area contributed by atoms with Gasteiger partial charge in [0.2, 0.25) is 11.5 Å². The Bertz CT molecular complexity index is 510. The average molecular weight is 241 g/mol. The van der Waals surface area contributed by atoms with Gasteiger partial charge in [-0.1, -0.05) is 11.6 Å². The van der Waals surface area contributed by atoms with E-state index in [9.17, 15) is 4.79 Å². The minimum absolute atomic E-state index is 0.0978. The summed E-state index contributed by atoms with van der Waals surface area (Å²) in [5.74, 6) is -0.466. The molecule has 1 amide bonds. The Hall–Kier alpha value is -2.22. The lowest BCUT2D eigenvalue weighted by atomic mass is 10.4. The third-order valence-corrected chi connectivity index (χ3v) is 1.80. The highest BCUT2D eigenvalue weighted by molar-refractivity contribution is 6.29. The summed E-state index contributed by atoms with van der Waals surface area (Å²) in [6.45, 7) is 0. The Morgan fingerprint density at radius 1 is 1.38 bits per heavy atom. The van der Waals surface area contributed by atoms with Crippen LogP contribution < -0.4 is 11.1 Å². The van der Waals surface area contributed by atoms with Gasteiger partial charge < -0.3 is 11.1 Å². The van der Waals surface area contributed by atoms with E-state index in [1.165, 1.54) is 12.1 Å². The van der Waals surface area contributed by atoms with E-state index in [0.717, 1.165) is 0 Å². The van der Waals surface area contributed by atoms with Gasteiger partial charge in [-0.3, -0.25) is 4.79 Å². The number of halogens is 1. The number of nitrogens with zero attached hydrogens (tertiary/aromatic N) is 4. The predicted molar refractivity (Wildman–Crippen MR) is 53.7 cm³/mol. The van der Waals surface area contributed by atoms with Crippen LogP contribution in [0.15, 0.2) is 16.8 Å². The molecule has 0 saturated heterocycles. The van der Waals surface area contributed by atoms with Crippen LogP contribution in [0, 0.1) is 0 Å². The van der Waals surface area contributed by atoms with Gasteiger partial charge in [0, 0.05) is 0 Å². The summed E-state index contributed by atoms with van der Waals surface area (Å²) < 4.78 is 4.28. The number of hydrogen-bond acceptors (Lipinski definition) is 7. The molecule has 0 spiro atoms. The van der Waals surface area contributed by atoms with Gasteiger partial charge in [0.1, 0.15) is 0 Å². The molecule has 0 aliphatic carbocycles. The van der Waals surface area contributed by atoms with Crippen molar-refractivity contribution in [2.75, 3.05) is 11.1 Å². The van der Waals surface area contributed by atoms with Crippen molar-refractivity contribution in [3.8, 4) is 0 Å². The average Bonchev–Trinajstić information content (AvgIpc) is 2.68. The van der Waals surface area contributed by atoms with Crippen LogP contribution in [0.4, 0.5) is 11.6 Å². The minimum atomic E-state index is -0.588. The van der Waals surface area contributed by atoms with Crippen molar-refractivity contribution in [2.24, 2.45) is 0 Å². The molecule has 0 radical (unpaired) electrons. The Morgan fingerprint density at radius 3 is 2.75 bits per heavy atom.